The summed E-state index contributed by atoms with van der Waals surface area (Å²) in [7, 11) is 0. The second-order valence-corrected chi connectivity index (χ2v) is 8.42. The van der Waals surface area contributed by atoms with Gasteiger partial charge in [0.05, 0.1) is 17.8 Å². The highest BCUT2D eigenvalue weighted by molar-refractivity contribution is 5.97. The van der Waals surface area contributed by atoms with Gasteiger partial charge < -0.3 is 14.5 Å². The first-order chi connectivity index (χ1) is 15.2. The molecule has 2 fully saturated rings. The van der Waals surface area contributed by atoms with E-state index in [-0.39, 0.29) is 18.0 Å². The van der Waals surface area contributed by atoms with Crippen LogP contribution >= 0.6 is 0 Å². The van der Waals surface area contributed by atoms with Gasteiger partial charge >= 0.3 is 6.18 Å². The summed E-state index contributed by atoms with van der Waals surface area (Å²) in [5.41, 5.74) is -1.37. The predicted octanol–water partition coefficient (Wildman–Crippen LogP) is 4.07. The molecule has 172 valence electrons. The highest BCUT2D eigenvalue weighted by atomic mass is 19.4. The van der Waals surface area contributed by atoms with Crippen LogP contribution in [0.3, 0.4) is 0 Å². The van der Waals surface area contributed by atoms with Crippen LogP contribution in [0.1, 0.15) is 31.0 Å². The molecule has 0 saturated carbocycles. The molecular weight excluding hydrogens is 426 g/mol. The number of anilines is 1. The topological polar surface area (TPSA) is 45.7 Å². The second kappa shape index (κ2) is 8.78. The number of rotatable bonds is 4. The predicted molar refractivity (Wildman–Crippen MR) is 111 cm³/mol. The number of hydrogen-bond acceptors (Lipinski definition) is 4. The van der Waals surface area contributed by atoms with Gasteiger partial charge in [-0.25, -0.2) is 9.37 Å². The fourth-order valence-corrected chi connectivity index (χ4v) is 4.52. The van der Waals surface area contributed by atoms with Crippen LogP contribution in [0, 0.1) is 5.82 Å². The minimum absolute atomic E-state index is 0.0477. The van der Waals surface area contributed by atoms with E-state index in [0.717, 1.165) is 6.20 Å². The van der Waals surface area contributed by atoms with E-state index in [1.807, 2.05) is 0 Å². The summed E-state index contributed by atoms with van der Waals surface area (Å²) in [6.07, 6.45) is -2.73. The third-order valence-electron chi connectivity index (χ3n) is 6.26. The van der Waals surface area contributed by atoms with E-state index in [2.05, 4.69) is 9.88 Å². The molecule has 0 bridgehead atoms. The van der Waals surface area contributed by atoms with Gasteiger partial charge in [-0.15, -0.1) is 0 Å². The zero-order valence-electron chi connectivity index (χ0n) is 17.7. The SMILES string of the molecule is CC1OC2(CCN(CCc3ccccc3F)CC2)CN(c2cccnc2C(F)(F)F)C1=O. The third kappa shape index (κ3) is 4.63. The van der Waals surface area contributed by atoms with Crippen LogP contribution in [0.2, 0.25) is 0 Å². The Bertz CT molecular complexity index is 974. The van der Waals surface area contributed by atoms with Gasteiger partial charge in [0.25, 0.3) is 5.91 Å². The number of piperidine rings is 1. The number of likely N-dealkylation sites (tertiary alicyclic amines) is 1. The van der Waals surface area contributed by atoms with Crippen molar-refractivity contribution >= 4 is 11.6 Å². The Morgan fingerprint density at radius 1 is 1.16 bits per heavy atom. The zero-order valence-corrected chi connectivity index (χ0v) is 17.7. The first-order valence-electron chi connectivity index (χ1n) is 10.7. The molecule has 1 atom stereocenters. The number of pyridine rings is 1. The molecule has 2 aliphatic heterocycles. The van der Waals surface area contributed by atoms with Crippen LogP contribution in [0.25, 0.3) is 0 Å². The normalized spacial score (nSPS) is 21.8. The molecule has 2 aromatic rings. The van der Waals surface area contributed by atoms with Gasteiger partial charge in [0, 0.05) is 25.8 Å². The molecule has 2 saturated heterocycles. The molecular formula is C23H25F4N3O2. The molecule has 1 amide bonds. The van der Waals surface area contributed by atoms with Gasteiger partial charge in [-0.05, 0) is 49.9 Å². The molecule has 0 aliphatic carbocycles. The van der Waals surface area contributed by atoms with Crippen LogP contribution in [-0.4, -0.2) is 53.7 Å². The number of morpholine rings is 1. The maximum Gasteiger partial charge on any atom is 0.435 e. The summed E-state index contributed by atoms with van der Waals surface area (Å²) in [5, 5.41) is 0. The lowest BCUT2D eigenvalue weighted by atomic mass is 9.88. The van der Waals surface area contributed by atoms with Crippen molar-refractivity contribution in [1.82, 2.24) is 9.88 Å². The van der Waals surface area contributed by atoms with Crippen molar-refractivity contribution in [2.75, 3.05) is 31.1 Å². The Balaban J connectivity index is 1.46. The number of aromatic nitrogens is 1. The maximum absolute atomic E-state index is 13.9. The lowest BCUT2D eigenvalue weighted by Gasteiger charge is -2.49. The number of alkyl halides is 3. The molecule has 0 N–H and O–H groups in total. The van der Waals surface area contributed by atoms with Crippen molar-refractivity contribution in [3.8, 4) is 0 Å². The van der Waals surface area contributed by atoms with Gasteiger partial charge in [0.1, 0.15) is 11.9 Å². The second-order valence-electron chi connectivity index (χ2n) is 8.42. The van der Waals surface area contributed by atoms with Gasteiger partial charge in [0.2, 0.25) is 0 Å². The van der Waals surface area contributed by atoms with Crippen molar-refractivity contribution < 1.29 is 27.1 Å². The van der Waals surface area contributed by atoms with Gasteiger partial charge in [-0.2, -0.15) is 13.2 Å². The van der Waals surface area contributed by atoms with E-state index < -0.39 is 29.5 Å². The van der Waals surface area contributed by atoms with Crippen molar-refractivity contribution in [3.63, 3.8) is 0 Å². The van der Waals surface area contributed by atoms with Crippen molar-refractivity contribution in [1.29, 1.82) is 0 Å². The number of amides is 1. The summed E-state index contributed by atoms with van der Waals surface area (Å²) >= 11 is 0. The lowest BCUT2D eigenvalue weighted by Crippen LogP contribution is -2.62. The molecule has 1 aromatic carbocycles. The molecule has 5 nitrogen and oxygen atoms in total. The van der Waals surface area contributed by atoms with Crippen molar-refractivity contribution in [3.05, 3.63) is 59.7 Å². The number of hydrogen-bond donors (Lipinski definition) is 0. The molecule has 9 heteroatoms. The van der Waals surface area contributed by atoms with Crippen LogP contribution in [-0.2, 0) is 22.1 Å². The van der Waals surface area contributed by atoms with Crippen molar-refractivity contribution in [2.24, 2.45) is 0 Å². The summed E-state index contributed by atoms with van der Waals surface area (Å²) < 4.78 is 60.4. The van der Waals surface area contributed by atoms with E-state index in [9.17, 15) is 22.4 Å². The first kappa shape index (κ1) is 22.7. The molecule has 32 heavy (non-hydrogen) atoms. The number of ether oxygens (including phenoxy) is 1. The minimum atomic E-state index is -4.67. The fourth-order valence-electron chi connectivity index (χ4n) is 4.52. The average Bonchev–Trinajstić information content (AvgIpc) is 2.76. The monoisotopic (exact) mass is 451 g/mol. The molecule has 1 spiro atoms. The third-order valence-corrected chi connectivity index (χ3v) is 6.26. The largest absolute Gasteiger partial charge is 0.435 e. The summed E-state index contributed by atoms with van der Waals surface area (Å²) in [6, 6.07) is 9.35. The molecule has 1 aromatic heterocycles. The van der Waals surface area contributed by atoms with Crippen LogP contribution in [0.4, 0.5) is 23.2 Å². The Hall–Kier alpha value is -2.52. The smallest absolute Gasteiger partial charge is 0.360 e. The Morgan fingerprint density at radius 3 is 2.56 bits per heavy atom. The van der Waals surface area contributed by atoms with E-state index in [4.69, 9.17) is 4.74 Å². The Morgan fingerprint density at radius 2 is 1.88 bits per heavy atom. The fraction of sp³-hybridized carbons (Fsp3) is 0.478. The number of carbonyl (C=O) groups is 1. The minimum Gasteiger partial charge on any atom is -0.360 e. The Labute approximate surface area is 184 Å². The van der Waals surface area contributed by atoms with Crippen molar-refractivity contribution in [2.45, 2.75) is 44.1 Å². The maximum atomic E-state index is 13.9. The highest BCUT2D eigenvalue weighted by Crippen LogP contribution is 2.39. The summed E-state index contributed by atoms with van der Waals surface area (Å²) in [5.74, 6) is -0.729. The molecule has 4 rings (SSSR count). The van der Waals surface area contributed by atoms with Gasteiger partial charge in [-0.3, -0.25) is 4.79 Å². The number of nitrogens with zero attached hydrogens (tertiary/aromatic N) is 3. The quantitative estimate of drug-likeness (QED) is 0.658. The van der Waals surface area contributed by atoms with E-state index in [1.54, 1.807) is 25.1 Å². The van der Waals surface area contributed by atoms with Gasteiger partial charge in [-0.1, -0.05) is 18.2 Å². The number of halogens is 4. The highest BCUT2D eigenvalue weighted by Gasteiger charge is 2.48. The van der Waals surface area contributed by atoms with E-state index in [0.29, 0.717) is 44.5 Å². The van der Waals surface area contributed by atoms with Crippen LogP contribution in [0.5, 0.6) is 0 Å². The first-order valence-corrected chi connectivity index (χ1v) is 10.7. The van der Waals surface area contributed by atoms with Crippen LogP contribution in [0.15, 0.2) is 42.6 Å². The van der Waals surface area contributed by atoms with Gasteiger partial charge in [0.15, 0.2) is 5.69 Å². The molecule has 2 aliphatic rings. The lowest BCUT2D eigenvalue weighted by molar-refractivity contribution is -0.162. The molecule has 0 radical (unpaired) electrons. The molecule has 3 heterocycles. The zero-order chi connectivity index (χ0) is 22.9. The number of carbonyl (C=O) groups excluding carboxylic acids is 1. The average molecular weight is 451 g/mol. The standard InChI is InChI=1S/C23H25F4N3O2/c1-16-21(31)30(19-7-4-11-28-20(19)23(25,26)27)15-22(32-16)9-13-29(14-10-22)12-8-17-5-2-3-6-18(17)24/h2-7,11,16H,8-10,12-15H2,1H3. The van der Waals surface area contributed by atoms with Crippen LogP contribution < -0.4 is 4.90 Å². The summed E-state index contributed by atoms with van der Waals surface area (Å²) in [4.78, 5) is 19.6. The van der Waals surface area contributed by atoms with E-state index >= 15 is 0 Å². The number of benzene rings is 1. The summed E-state index contributed by atoms with van der Waals surface area (Å²) in [6.45, 7) is 3.61. The van der Waals surface area contributed by atoms with E-state index in [1.165, 1.54) is 23.1 Å². The molecule has 1 unspecified atom stereocenters. The Kier molecular flexibility index (Phi) is 6.22.